The number of carbonyl (C=O) groups excluding carboxylic acids is 4. The van der Waals surface area contributed by atoms with Gasteiger partial charge in [0.25, 0.3) is 5.91 Å². The number of fused-ring (bicyclic) bond motifs is 1. The molecule has 0 bridgehead atoms. The van der Waals surface area contributed by atoms with E-state index in [2.05, 4.69) is 5.32 Å². The first kappa shape index (κ1) is 24.7. The first-order valence-electron chi connectivity index (χ1n) is 11.4. The summed E-state index contributed by atoms with van der Waals surface area (Å²) in [6.07, 6.45) is 3.60. The fourth-order valence-electron chi connectivity index (χ4n) is 4.07. The molecule has 0 radical (unpaired) electrons. The highest BCUT2D eigenvalue weighted by atomic mass is 16.6. The third-order valence-corrected chi connectivity index (χ3v) is 5.68. The van der Waals surface area contributed by atoms with Gasteiger partial charge in [0.15, 0.2) is 6.73 Å². The predicted molar refractivity (Wildman–Crippen MR) is 118 cm³/mol. The van der Waals surface area contributed by atoms with Gasteiger partial charge in [-0.25, -0.2) is 4.79 Å². The molecule has 3 aliphatic heterocycles. The molecule has 1 N–H and O–H groups in total. The maximum atomic E-state index is 12.9. The molecule has 11 heteroatoms. The molecule has 0 aromatic carbocycles. The number of piperidine rings is 1. The number of nitrogens with zero attached hydrogens (tertiary/aromatic N) is 4. The fraction of sp³-hybridized carbons (Fsp3) is 0.727. The van der Waals surface area contributed by atoms with Crippen molar-refractivity contribution < 1.29 is 28.7 Å². The van der Waals surface area contributed by atoms with Gasteiger partial charge in [0.2, 0.25) is 5.91 Å². The minimum atomic E-state index is -0.525. The Labute approximate surface area is 194 Å². The molecular weight excluding hydrogens is 430 g/mol. The van der Waals surface area contributed by atoms with Crippen molar-refractivity contribution in [1.29, 1.82) is 0 Å². The van der Waals surface area contributed by atoms with Crippen molar-refractivity contribution in [3.05, 3.63) is 11.9 Å². The lowest BCUT2D eigenvalue weighted by atomic mass is 10.0. The molecule has 11 nitrogen and oxygen atoms in total. The van der Waals surface area contributed by atoms with Gasteiger partial charge < -0.3 is 34.4 Å². The summed E-state index contributed by atoms with van der Waals surface area (Å²) in [7, 11) is 0. The molecule has 3 amide bonds. The number of likely N-dealkylation sites (tertiary alicyclic amines) is 1. The highest BCUT2D eigenvalue weighted by Gasteiger charge is 2.42. The van der Waals surface area contributed by atoms with E-state index in [0.717, 1.165) is 0 Å². The Morgan fingerprint density at radius 1 is 1.15 bits per heavy atom. The van der Waals surface area contributed by atoms with Crippen LogP contribution in [0.5, 0.6) is 0 Å². The molecule has 0 atom stereocenters. The molecule has 33 heavy (non-hydrogen) atoms. The van der Waals surface area contributed by atoms with Crippen molar-refractivity contribution in [2.45, 2.75) is 65.0 Å². The van der Waals surface area contributed by atoms with E-state index in [4.69, 9.17) is 9.47 Å². The fourth-order valence-corrected chi connectivity index (χ4v) is 4.07. The van der Waals surface area contributed by atoms with Crippen LogP contribution in [0.4, 0.5) is 4.79 Å². The molecule has 0 spiro atoms. The van der Waals surface area contributed by atoms with Gasteiger partial charge in [-0.1, -0.05) is 0 Å². The Hall–Kier alpha value is -2.98. The van der Waals surface area contributed by atoms with Gasteiger partial charge >= 0.3 is 12.1 Å². The van der Waals surface area contributed by atoms with Gasteiger partial charge in [-0.05, 0) is 40.0 Å². The van der Waals surface area contributed by atoms with Gasteiger partial charge in [-0.3, -0.25) is 14.4 Å². The number of hydrogen-bond donors (Lipinski definition) is 1. The summed E-state index contributed by atoms with van der Waals surface area (Å²) in [6, 6.07) is 0.0811. The molecule has 2 saturated heterocycles. The summed E-state index contributed by atoms with van der Waals surface area (Å²) in [6.45, 7) is 9.59. The summed E-state index contributed by atoms with van der Waals surface area (Å²) in [5, 5.41) is 2.64. The minimum Gasteiger partial charge on any atom is -0.444 e. The third-order valence-electron chi connectivity index (χ3n) is 5.68. The van der Waals surface area contributed by atoms with Gasteiger partial charge in [0.05, 0.1) is 13.3 Å². The van der Waals surface area contributed by atoms with E-state index in [1.54, 1.807) is 16.0 Å². The smallest absolute Gasteiger partial charge is 0.410 e. The summed E-state index contributed by atoms with van der Waals surface area (Å²) < 4.78 is 10.7. The largest absolute Gasteiger partial charge is 0.444 e. The first-order chi connectivity index (χ1) is 15.5. The van der Waals surface area contributed by atoms with Gasteiger partial charge in [0, 0.05) is 45.2 Å². The zero-order chi connectivity index (χ0) is 24.2. The van der Waals surface area contributed by atoms with Crippen LogP contribution in [-0.2, 0) is 23.9 Å². The lowest BCUT2D eigenvalue weighted by Gasteiger charge is -2.37. The monoisotopic (exact) mass is 465 g/mol. The molecule has 0 aromatic heterocycles. The van der Waals surface area contributed by atoms with E-state index in [-0.39, 0.29) is 43.1 Å². The van der Waals surface area contributed by atoms with Crippen molar-refractivity contribution >= 4 is 23.9 Å². The zero-order valence-electron chi connectivity index (χ0n) is 20.0. The number of ether oxygens (including phenoxy) is 2. The van der Waals surface area contributed by atoms with E-state index in [0.29, 0.717) is 57.9 Å². The molecule has 0 aliphatic carbocycles. The number of carbonyl (C=O) groups is 4. The second-order valence-electron chi connectivity index (χ2n) is 9.63. The van der Waals surface area contributed by atoms with Crippen LogP contribution in [-0.4, -0.2) is 94.8 Å². The van der Waals surface area contributed by atoms with Gasteiger partial charge in [-0.2, -0.15) is 0 Å². The topological polar surface area (TPSA) is 112 Å². The number of nitrogens with one attached hydrogen (secondary N) is 1. The average molecular weight is 466 g/mol. The Kier molecular flexibility index (Phi) is 7.70. The molecule has 3 rings (SSSR count). The maximum Gasteiger partial charge on any atom is 0.410 e. The van der Waals surface area contributed by atoms with Crippen molar-refractivity contribution in [1.82, 2.24) is 24.9 Å². The summed E-state index contributed by atoms with van der Waals surface area (Å²) >= 11 is 0. The molecule has 2 fully saturated rings. The van der Waals surface area contributed by atoms with Crippen LogP contribution in [0.2, 0.25) is 0 Å². The van der Waals surface area contributed by atoms with Crippen molar-refractivity contribution in [2.24, 2.45) is 0 Å². The van der Waals surface area contributed by atoms with Crippen LogP contribution in [0.25, 0.3) is 0 Å². The van der Waals surface area contributed by atoms with E-state index < -0.39 is 5.60 Å². The molecule has 0 unspecified atom stereocenters. The Balaban J connectivity index is 1.41. The maximum absolute atomic E-state index is 12.9. The SMILES string of the molecule is CC(=O)NCCCC(=O)OCN1C=C2C(=O)N(C3CCN(C(=O)OC(C)(C)C)CC3)CN2C1. The lowest BCUT2D eigenvalue weighted by Crippen LogP contribution is -2.49. The Morgan fingerprint density at radius 2 is 1.85 bits per heavy atom. The molecule has 184 valence electrons. The number of amides is 3. The Morgan fingerprint density at radius 3 is 2.45 bits per heavy atom. The van der Waals surface area contributed by atoms with E-state index >= 15 is 0 Å². The highest BCUT2D eigenvalue weighted by molar-refractivity contribution is 5.95. The van der Waals surface area contributed by atoms with Crippen LogP contribution < -0.4 is 5.32 Å². The number of esters is 1. The predicted octanol–water partition coefficient (Wildman–Crippen LogP) is 1.02. The second kappa shape index (κ2) is 10.3. The molecule has 3 aliphatic rings. The van der Waals surface area contributed by atoms with Crippen molar-refractivity contribution in [3.8, 4) is 0 Å². The van der Waals surface area contributed by atoms with Crippen LogP contribution in [0.1, 0.15) is 53.4 Å². The third kappa shape index (κ3) is 6.75. The zero-order valence-corrected chi connectivity index (χ0v) is 20.0. The highest BCUT2D eigenvalue weighted by Crippen LogP contribution is 2.29. The molecule has 3 heterocycles. The second-order valence-corrected chi connectivity index (χ2v) is 9.63. The normalized spacial score (nSPS) is 18.9. The van der Waals surface area contributed by atoms with Crippen LogP contribution in [0.3, 0.4) is 0 Å². The van der Waals surface area contributed by atoms with E-state index in [9.17, 15) is 19.2 Å². The quantitative estimate of drug-likeness (QED) is 0.438. The number of rotatable bonds is 7. The van der Waals surface area contributed by atoms with E-state index in [1.807, 2.05) is 30.6 Å². The summed E-state index contributed by atoms with van der Waals surface area (Å²) in [5.41, 5.74) is 0.0782. The molecule has 0 saturated carbocycles. The van der Waals surface area contributed by atoms with Crippen molar-refractivity contribution in [3.63, 3.8) is 0 Å². The van der Waals surface area contributed by atoms with Crippen LogP contribution >= 0.6 is 0 Å². The number of hydrogen-bond acceptors (Lipinski definition) is 8. The van der Waals surface area contributed by atoms with E-state index in [1.165, 1.54) is 6.92 Å². The summed E-state index contributed by atoms with van der Waals surface area (Å²) in [5.74, 6) is -0.495. The summed E-state index contributed by atoms with van der Waals surface area (Å²) in [4.78, 5) is 55.2. The minimum absolute atomic E-state index is 0.0325. The lowest BCUT2D eigenvalue weighted by molar-refractivity contribution is -0.147. The van der Waals surface area contributed by atoms with Crippen LogP contribution in [0, 0.1) is 0 Å². The van der Waals surface area contributed by atoms with Gasteiger partial charge in [-0.15, -0.1) is 0 Å². The molecule has 0 aromatic rings. The van der Waals surface area contributed by atoms with Gasteiger partial charge in [0.1, 0.15) is 11.3 Å². The standard InChI is InChI=1S/C22H35N5O6/c1-16(28)23-9-5-6-19(29)32-15-24-12-18-20(30)27(14-26(18)13-24)17-7-10-25(11-8-17)21(31)33-22(2,3)4/h12,17H,5-11,13-15H2,1-4H3,(H,23,28). The van der Waals surface area contributed by atoms with Crippen molar-refractivity contribution in [2.75, 3.05) is 39.7 Å². The first-order valence-corrected chi connectivity index (χ1v) is 11.4. The average Bonchev–Trinajstić information content (AvgIpc) is 3.27. The Bertz CT molecular complexity index is 800. The molecular formula is C22H35N5O6. The van der Waals surface area contributed by atoms with Crippen LogP contribution in [0.15, 0.2) is 11.9 Å².